The highest BCUT2D eigenvalue weighted by atomic mass is 28.4. The molecule has 0 bridgehead atoms. The van der Waals surface area contributed by atoms with E-state index in [2.05, 4.69) is 63.8 Å². The SMILES string of the molecule is CCCCOc1noc2c1C(=O)[C@@]1(O[Si](C)(C)C(C)(C)C)C(=O)C3=C(O)c4c(c(OC)cc(CCCN5CCCC5)c4OCCCC)C[C@H]3C[C@H]1[C@@H]2N(C)C. The molecule has 3 aliphatic carbocycles. The summed E-state index contributed by atoms with van der Waals surface area (Å²) in [6.45, 7) is 18.7. The monoisotopic (exact) mass is 779 g/mol. The largest absolute Gasteiger partial charge is 0.507 e. The van der Waals surface area contributed by atoms with Crippen molar-refractivity contribution in [2.24, 2.45) is 11.8 Å². The maximum absolute atomic E-state index is 15.8. The molecule has 4 atom stereocenters. The van der Waals surface area contributed by atoms with Gasteiger partial charge in [0.25, 0.3) is 5.88 Å². The van der Waals surface area contributed by atoms with Gasteiger partial charge in [-0.1, -0.05) is 47.5 Å². The molecular formula is C43H65N3O8Si. The van der Waals surface area contributed by atoms with Crippen molar-refractivity contribution in [1.29, 1.82) is 0 Å². The molecule has 6 rings (SSSR count). The van der Waals surface area contributed by atoms with Crippen LogP contribution in [-0.4, -0.2) is 99.6 Å². The van der Waals surface area contributed by atoms with Gasteiger partial charge in [0.15, 0.2) is 19.7 Å². The number of aryl methyl sites for hydroxylation is 1. The second-order valence-electron chi connectivity index (χ2n) is 17.9. The van der Waals surface area contributed by atoms with E-state index in [0.29, 0.717) is 48.9 Å². The van der Waals surface area contributed by atoms with Gasteiger partial charge in [-0.15, -0.1) is 0 Å². The standard InChI is InChI=1S/C43H65N3O8Si/c1-11-13-22-51-37-27(18-17-21-46-19-15-16-20-46)26-31(50-8)29-24-28-25-30-35(45(6)7)38-34(41(44-53-38)52-23-14-12-2)40(49)43(30,54-55(9,10)42(3,4)5)39(48)32(28)36(47)33(29)37/h26,28,30,35,47H,11-25H2,1-10H3/t28-,30-,35-,43-/m0/s1. The molecule has 0 radical (unpaired) electrons. The zero-order valence-electron chi connectivity index (χ0n) is 35.1. The summed E-state index contributed by atoms with van der Waals surface area (Å²) >= 11 is 0. The van der Waals surface area contributed by atoms with Crippen molar-refractivity contribution < 1.29 is 37.9 Å². The molecular weight excluding hydrogens is 715 g/mol. The number of benzene rings is 1. The molecule has 2 heterocycles. The molecule has 1 aromatic heterocycles. The molecule has 12 heteroatoms. The number of aromatic nitrogens is 1. The molecule has 2 aromatic rings. The van der Waals surface area contributed by atoms with E-state index in [0.717, 1.165) is 69.3 Å². The number of aliphatic hydroxyl groups is 1. The molecule has 4 aliphatic rings. The number of carbonyl (C=O) groups is 2. The highest BCUT2D eigenvalue weighted by Crippen LogP contribution is 2.59. The second kappa shape index (κ2) is 16.3. The van der Waals surface area contributed by atoms with Gasteiger partial charge in [-0.2, -0.15) is 0 Å². The summed E-state index contributed by atoms with van der Waals surface area (Å²) in [5, 5.41) is 16.6. The number of nitrogens with zero attached hydrogens (tertiary/aromatic N) is 3. The van der Waals surface area contributed by atoms with Crippen LogP contribution in [0, 0.1) is 11.8 Å². The Morgan fingerprint density at radius 2 is 1.69 bits per heavy atom. The maximum atomic E-state index is 15.8. The number of ether oxygens (including phenoxy) is 3. The van der Waals surface area contributed by atoms with Gasteiger partial charge in [-0.25, -0.2) is 0 Å². The van der Waals surface area contributed by atoms with E-state index in [-0.39, 0.29) is 27.8 Å². The predicted octanol–water partition coefficient (Wildman–Crippen LogP) is 8.36. The van der Waals surface area contributed by atoms with Crippen molar-refractivity contribution in [1.82, 2.24) is 15.0 Å². The smallest absolute Gasteiger partial charge is 0.265 e. The number of carbonyl (C=O) groups excluding carboxylic acids is 2. The minimum atomic E-state index is -2.85. The molecule has 0 spiro atoms. The van der Waals surface area contributed by atoms with Crippen LogP contribution in [0.1, 0.15) is 125 Å². The first-order valence-electron chi connectivity index (χ1n) is 20.7. The highest BCUT2D eigenvalue weighted by molar-refractivity contribution is 6.74. The molecule has 2 fully saturated rings. The summed E-state index contributed by atoms with van der Waals surface area (Å²) in [5.41, 5.74) is 0.751. The van der Waals surface area contributed by atoms with Crippen LogP contribution in [0.15, 0.2) is 16.2 Å². The molecule has 304 valence electrons. The highest BCUT2D eigenvalue weighted by Gasteiger charge is 2.69. The Kier molecular flexibility index (Phi) is 12.3. The number of likely N-dealkylation sites (tertiary alicyclic amines) is 1. The Labute approximate surface area is 329 Å². The number of methoxy groups -OCH3 is 1. The number of unbranched alkanes of at least 4 members (excludes halogenated alkanes) is 2. The third-order valence-electron chi connectivity index (χ3n) is 12.9. The van der Waals surface area contributed by atoms with Crippen molar-refractivity contribution in [2.45, 2.75) is 129 Å². The minimum Gasteiger partial charge on any atom is -0.507 e. The van der Waals surface area contributed by atoms with Crippen molar-refractivity contribution in [3.63, 3.8) is 0 Å². The van der Waals surface area contributed by atoms with Crippen LogP contribution >= 0.6 is 0 Å². The van der Waals surface area contributed by atoms with Crippen LogP contribution in [0.2, 0.25) is 18.1 Å². The molecule has 1 aromatic carbocycles. The van der Waals surface area contributed by atoms with E-state index >= 15 is 9.59 Å². The zero-order chi connectivity index (χ0) is 39.9. The number of rotatable bonds is 16. The van der Waals surface area contributed by atoms with Crippen LogP contribution < -0.4 is 14.2 Å². The minimum absolute atomic E-state index is 0.0917. The Morgan fingerprint density at radius 1 is 1.02 bits per heavy atom. The molecule has 1 saturated heterocycles. The Balaban J connectivity index is 1.54. The molecule has 1 saturated carbocycles. The number of fused-ring (bicyclic) bond motifs is 4. The summed E-state index contributed by atoms with van der Waals surface area (Å²) < 4.78 is 32.0. The quantitative estimate of drug-likeness (QED) is 0.100. The third kappa shape index (κ3) is 7.41. The lowest BCUT2D eigenvalue weighted by molar-refractivity contribution is -0.140. The third-order valence-corrected chi connectivity index (χ3v) is 17.4. The van der Waals surface area contributed by atoms with E-state index in [1.165, 1.54) is 12.8 Å². The van der Waals surface area contributed by atoms with Crippen molar-refractivity contribution in [3.8, 4) is 17.4 Å². The summed E-state index contributed by atoms with van der Waals surface area (Å²) in [6, 6.07) is 1.56. The van der Waals surface area contributed by atoms with Gasteiger partial charge < -0.3 is 33.2 Å². The average molecular weight is 780 g/mol. The predicted molar refractivity (Wildman–Crippen MR) is 216 cm³/mol. The Hall–Kier alpha value is -3.19. The molecule has 55 heavy (non-hydrogen) atoms. The van der Waals surface area contributed by atoms with Gasteiger partial charge >= 0.3 is 0 Å². The molecule has 1 N–H and O–H groups in total. The number of hydrogen-bond donors (Lipinski definition) is 1. The Bertz CT molecular complexity index is 1770. The number of aliphatic hydroxyl groups excluding tert-OH is 1. The van der Waals surface area contributed by atoms with Crippen LogP contribution in [0.25, 0.3) is 5.76 Å². The summed E-state index contributed by atoms with van der Waals surface area (Å²) in [5.74, 6) is -0.371. The van der Waals surface area contributed by atoms with Crippen LogP contribution in [0.3, 0.4) is 0 Å². The van der Waals surface area contributed by atoms with E-state index in [9.17, 15) is 5.11 Å². The van der Waals surface area contributed by atoms with Crippen molar-refractivity contribution in [3.05, 3.63) is 39.7 Å². The summed E-state index contributed by atoms with van der Waals surface area (Å²) in [6.07, 6.45) is 8.45. The van der Waals surface area contributed by atoms with Crippen molar-refractivity contribution in [2.75, 3.05) is 54.1 Å². The number of Topliss-reactive ketones (excluding diaryl/α,β-unsaturated/α-hetero) is 2. The van der Waals surface area contributed by atoms with Crippen LogP contribution in [0.5, 0.6) is 17.4 Å². The first kappa shape index (κ1) is 41.4. The van der Waals surface area contributed by atoms with Crippen LogP contribution in [-0.2, 0) is 22.1 Å². The van der Waals surface area contributed by atoms with E-state index in [4.69, 9.17) is 23.2 Å². The lowest BCUT2D eigenvalue weighted by atomic mass is 9.57. The van der Waals surface area contributed by atoms with Gasteiger partial charge in [0.2, 0.25) is 11.6 Å². The van der Waals surface area contributed by atoms with E-state index < -0.39 is 43.4 Å². The number of hydrogen-bond acceptors (Lipinski definition) is 11. The average Bonchev–Trinajstić information content (AvgIpc) is 3.80. The van der Waals surface area contributed by atoms with E-state index in [1.807, 2.05) is 19.0 Å². The Morgan fingerprint density at radius 3 is 2.31 bits per heavy atom. The first-order valence-corrected chi connectivity index (χ1v) is 23.6. The maximum Gasteiger partial charge on any atom is 0.265 e. The molecule has 1 aliphatic heterocycles. The van der Waals surface area contributed by atoms with Gasteiger partial charge in [0, 0.05) is 17.1 Å². The molecule has 0 unspecified atom stereocenters. The lowest BCUT2D eigenvalue weighted by Gasteiger charge is -2.55. The zero-order valence-corrected chi connectivity index (χ0v) is 36.1. The summed E-state index contributed by atoms with van der Waals surface area (Å²) in [4.78, 5) is 35.8. The van der Waals surface area contributed by atoms with E-state index in [1.54, 1.807) is 7.11 Å². The fraction of sp³-hybridized carbons (Fsp3) is 0.698. The lowest BCUT2D eigenvalue weighted by Crippen LogP contribution is -2.68. The second-order valence-corrected chi connectivity index (χ2v) is 22.6. The van der Waals surface area contributed by atoms with Crippen molar-refractivity contribution >= 4 is 25.6 Å². The molecule has 11 nitrogen and oxygen atoms in total. The fourth-order valence-electron chi connectivity index (χ4n) is 8.97. The van der Waals surface area contributed by atoms with Crippen LogP contribution in [0.4, 0.5) is 0 Å². The summed E-state index contributed by atoms with van der Waals surface area (Å²) in [7, 11) is 2.68. The fourth-order valence-corrected chi connectivity index (χ4v) is 10.4. The van der Waals surface area contributed by atoms with Gasteiger partial charge in [0.1, 0.15) is 22.8 Å². The van der Waals surface area contributed by atoms with Gasteiger partial charge in [-0.3, -0.25) is 14.5 Å². The van der Waals surface area contributed by atoms with Gasteiger partial charge in [0.05, 0.1) is 31.9 Å². The van der Waals surface area contributed by atoms with Gasteiger partial charge in [-0.05, 0) is 126 Å². The normalized spacial score (nSPS) is 24.2. The first-order chi connectivity index (χ1) is 26.1. The topological polar surface area (TPSA) is 124 Å². The molecule has 0 amide bonds. The number of ketones is 2.